The Morgan fingerprint density at radius 3 is 2.67 bits per heavy atom. The molecule has 0 atom stereocenters. The molecule has 0 saturated heterocycles. The van der Waals surface area contributed by atoms with E-state index in [4.69, 9.17) is 23.2 Å². The Kier molecular flexibility index (Phi) is 4.24. The van der Waals surface area contributed by atoms with E-state index in [-0.39, 0.29) is 0 Å². The van der Waals surface area contributed by atoms with Gasteiger partial charge in [-0.05, 0) is 36.8 Å². The predicted octanol–water partition coefficient (Wildman–Crippen LogP) is 4.75. The molecule has 92 valence electrons. The molecule has 0 fully saturated rings. The lowest BCUT2D eigenvalue weighted by atomic mass is 10.2. The van der Waals surface area contributed by atoms with Gasteiger partial charge in [0.1, 0.15) is 0 Å². The lowest BCUT2D eigenvalue weighted by Crippen LogP contribution is -1.91. The monoisotopic (exact) mass is 278 g/mol. The molecule has 0 saturated carbocycles. The molecule has 1 N–H and O–H groups in total. The van der Waals surface area contributed by atoms with Gasteiger partial charge in [-0.25, -0.2) is 0 Å². The molecule has 0 aromatic heterocycles. The van der Waals surface area contributed by atoms with Crippen molar-refractivity contribution in [3.63, 3.8) is 0 Å². The van der Waals surface area contributed by atoms with Crippen LogP contribution in [0.2, 0.25) is 10.0 Å². The van der Waals surface area contributed by atoms with Gasteiger partial charge in [-0.2, -0.15) is 5.10 Å². The Labute approximate surface area is 116 Å². The highest BCUT2D eigenvalue weighted by atomic mass is 35.5. The van der Waals surface area contributed by atoms with Crippen LogP contribution in [0.1, 0.15) is 11.1 Å². The number of hydrogen-bond donors (Lipinski definition) is 1. The molecule has 0 unspecified atom stereocenters. The van der Waals surface area contributed by atoms with Crippen molar-refractivity contribution in [2.45, 2.75) is 6.92 Å². The molecular formula is C14H12Cl2N2. The first-order valence-corrected chi connectivity index (χ1v) is 6.21. The van der Waals surface area contributed by atoms with Crippen molar-refractivity contribution in [2.75, 3.05) is 5.43 Å². The van der Waals surface area contributed by atoms with Crippen LogP contribution < -0.4 is 5.43 Å². The van der Waals surface area contributed by atoms with Gasteiger partial charge in [0.25, 0.3) is 0 Å². The van der Waals surface area contributed by atoms with Crippen LogP contribution in [0.15, 0.2) is 47.6 Å². The second kappa shape index (κ2) is 5.89. The summed E-state index contributed by atoms with van der Waals surface area (Å²) in [6.45, 7) is 2.03. The Morgan fingerprint density at radius 2 is 1.94 bits per heavy atom. The van der Waals surface area contributed by atoms with Gasteiger partial charge < -0.3 is 0 Å². The van der Waals surface area contributed by atoms with E-state index in [0.717, 1.165) is 11.3 Å². The van der Waals surface area contributed by atoms with E-state index in [9.17, 15) is 0 Å². The standard InChI is InChI=1S/C14H12Cl2N2/c1-10-3-2-4-13(7-10)18-17-9-11-5-6-12(15)8-14(11)16/h2-9,18H,1H3/b17-9-. The molecular weight excluding hydrogens is 267 g/mol. The van der Waals surface area contributed by atoms with E-state index < -0.39 is 0 Å². The molecule has 0 radical (unpaired) electrons. The highest BCUT2D eigenvalue weighted by Gasteiger charge is 1.97. The molecule has 2 nitrogen and oxygen atoms in total. The van der Waals surface area contributed by atoms with Crippen molar-refractivity contribution >= 4 is 35.1 Å². The number of aryl methyl sites for hydroxylation is 1. The number of hydrazone groups is 1. The number of benzene rings is 2. The number of nitrogens with one attached hydrogen (secondary N) is 1. The second-order valence-electron chi connectivity index (χ2n) is 3.91. The third kappa shape index (κ3) is 3.49. The second-order valence-corrected chi connectivity index (χ2v) is 4.75. The average Bonchev–Trinajstić information content (AvgIpc) is 2.32. The van der Waals surface area contributed by atoms with Crippen LogP contribution >= 0.6 is 23.2 Å². The van der Waals surface area contributed by atoms with E-state index in [1.54, 1.807) is 18.3 Å². The summed E-state index contributed by atoms with van der Waals surface area (Å²) in [6.07, 6.45) is 1.67. The van der Waals surface area contributed by atoms with Gasteiger partial charge in [-0.3, -0.25) is 5.43 Å². The topological polar surface area (TPSA) is 24.4 Å². The van der Waals surface area contributed by atoms with E-state index in [1.165, 1.54) is 5.56 Å². The Balaban J connectivity index is 2.07. The summed E-state index contributed by atoms with van der Waals surface area (Å²) in [5, 5.41) is 5.34. The molecule has 2 aromatic rings. The maximum absolute atomic E-state index is 6.03. The summed E-state index contributed by atoms with van der Waals surface area (Å²) in [6, 6.07) is 13.3. The zero-order chi connectivity index (χ0) is 13.0. The summed E-state index contributed by atoms with van der Waals surface area (Å²) in [5.41, 5.74) is 5.90. The number of nitrogens with zero attached hydrogens (tertiary/aromatic N) is 1. The minimum Gasteiger partial charge on any atom is -0.278 e. The summed E-state index contributed by atoms with van der Waals surface area (Å²) in [5.74, 6) is 0. The van der Waals surface area contributed by atoms with Crippen LogP contribution in [0.25, 0.3) is 0 Å². The van der Waals surface area contributed by atoms with Crippen LogP contribution in [0.5, 0.6) is 0 Å². The number of halogens is 2. The van der Waals surface area contributed by atoms with Gasteiger partial charge in [0.15, 0.2) is 0 Å². The van der Waals surface area contributed by atoms with E-state index >= 15 is 0 Å². The highest BCUT2D eigenvalue weighted by Crippen LogP contribution is 2.19. The van der Waals surface area contributed by atoms with Gasteiger partial charge in [-0.1, -0.05) is 41.4 Å². The molecule has 18 heavy (non-hydrogen) atoms. The number of hydrogen-bond acceptors (Lipinski definition) is 2. The summed E-state index contributed by atoms with van der Waals surface area (Å²) < 4.78 is 0. The third-order valence-corrected chi connectivity index (χ3v) is 2.94. The molecule has 0 spiro atoms. The minimum absolute atomic E-state index is 0.581. The maximum atomic E-state index is 6.03. The van der Waals surface area contributed by atoms with Crippen LogP contribution in [0, 0.1) is 6.92 Å². The van der Waals surface area contributed by atoms with Gasteiger partial charge in [0.2, 0.25) is 0 Å². The molecule has 0 amide bonds. The van der Waals surface area contributed by atoms with Crippen LogP contribution in [0.4, 0.5) is 5.69 Å². The third-order valence-electron chi connectivity index (χ3n) is 2.38. The molecule has 0 heterocycles. The molecule has 2 aromatic carbocycles. The first-order valence-electron chi connectivity index (χ1n) is 5.46. The summed E-state index contributed by atoms with van der Waals surface area (Å²) in [4.78, 5) is 0. The minimum atomic E-state index is 0.581. The summed E-state index contributed by atoms with van der Waals surface area (Å²) >= 11 is 11.9. The van der Waals surface area contributed by atoms with E-state index in [1.807, 2.05) is 37.3 Å². The van der Waals surface area contributed by atoms with Gasteiger partial charge in [-0.15, -0.1) is 0 Å². The number of rotatable bonds is 3. The molecule has 2 rings (SSSR count). The van der Waals surface area contributed by atoms with Gasteiger partial charge in [0, 0.05) is 10.6 Å². The van der Waals surface area contributed by atoms with Crippen molar-refractivity contribution < 1.29 is 0 Å². The first kappa shape index (κ1) is 12.9. The smallest absolute Gasteiger partial charge is 0.0564 e. The van der Waals surface area contributed by atoms with Crippen LogP contribution in [-0.4, -0.2) is 6.21 Å². The lowest BCUT2D eigenvalue weighted by molar-refractivity contribution is 1.33. The number of anilines is 1. The normalized spacial score (nSPS) is 10.8. The molecule has 0 aliphatic rings. The Hall–Kier alpha value is -1.51. The van der Waals surface area contributed by atoms with Crippen molar-refractivity contribution in [2.24, 2.45) is 5.10 Å². The predicted molar refractivity (Wildman–Crippen MR) is 78.9 cm³/mol. The van der Waals surface area contributed by atoms with Crippen molar-refractivity contribution in [1.82, 2.24) is 0 Å². The lowest BCUT2D eigenvalue weighted by Gasteiger charge is -2.01. The van der Waals surface area contributed by atoms with Gasteiger partial charge in [0.05, 0.1) is 16.9 Å². The molecule has 0 bridgehead atoms. The fraction of sp³-hybridized carbons (Fsp3) is 0.0714. The van der Waals surface area contributed by atoms with Crippen molar-refractivity contribution in [1.29, 1.82) is 0 Å². The SMILES string of the molecule is Cc1cccc(N/N=C\c2ccc(Cl)cc2Cl)c1. The fourth-order valence-electron chi connectivity index (χ4n) is 1.50. The molecule has 0 aliphatic heterocycles. The summed E-state index contributed by atoms with van der Waals surface area (Å²) in [7, 11) is 0. The zero-order valence-electron chi connectivity index (χ0n) is 9.82. The highest BCUT2D eigenvalue weighted by molar-refractivity contribution is 6.36. The quantitative estimate of drug-likeness (QED) is 0.636. The Bertz CT molecular complexity index is 580. The maximum Gasteiger partial charge on any atom is 0.0564 e. The largest absolute Gasteiger partial charge is 0.278 e. The zero-order valence-corrected chi connectivity index (χ0v) is 11.3. The first-order chi connectivity index (χ1) is 8.65. The van der Waals surface area contributed by atoms with Crippen molar-refractivity contribution in [3.05, 3.63) is 63.6 Å². The molecule has 4 heteroatoms. The molecule has 0 aliphatic carbocycles. The van der Waals surface area contributed by atoms with Crippen LogP contribution in [0.3, 0.4) is 0 Å². The average molecular weight is 279 g/mol. The Morgan fingerprint density at radius 1 is 1.11 bits per heavy atom. The van der Waals surface area contributed by atoms with Crippen LogP contribution in [-0.2, 0) is 0 Å². The van der Waals surface area contributed by atoms with Crippen molar-refractivity contribution in [3.8, 4) is 0 Å². The van der Waals surface area contributed by atoms with Gasteiger partial charge >= 0.3 is 0 Å². The van der Waals surface area contributed by atoms with E-state index in [0.29, 0.717) is 10.0 Å². The van der Waals surface area contributed by atoms with E-state index in [2.05, 4.69) is 10.5 Å². The fourth-order valence-corrected chi connectivity index (χ4v) is 1.95.